The zero-order chi connectivity index (χ0) is 17.4. The normalized spacial score (nSPS) is 13.6. The van der Waals surface area contributed by atoms with Crippen molar-refractivity contribution in [1.29, 1.82) is 0 Å². The Morgan fingerprint density at radius 2 is 1.55 bits per heavy atom. The Hall–Kier alpha value is -1.25. The molecule has 0 fully saturated rings. The lowest BCUT2D eigenvalue weighted by Gasteiger charge is -2.32. The summed E-state index contributed by atoms with van der Waals surface area (Å²) in [5.41, 5.74) is 0. The second kappa shape index (κ2) is 8.40. The first-order chi connectivity index (χ1) is 10.0. The van der Waals surface area contributed by atoms with E-state index in [1.54, 1.807) is 0 Å². The predicted molar refractivity (Wildman–Crippen MR) is 66.2 cm³/mol. The second-order valence-corrected chi connectivity index (χ2v) is 4.58. The number of carbonyl (C=O) groups is 1. The quantitative estimate of drug-likeness (QED) is 0.287. The van der Waals surface area contributed by atoms with E-state index < -0.39 is 62.6 Å². The number of hydrogen-bond acceptors (Lipinski definition) is 3. The number of carbonyl (C=O) groups excluding carboxylic acids is 1. The number of rotatable bonds is 10. The highest BCUT2D eigenvalue weighted by Gasteiger charge is 2.70. The first-order valence-corrected chi connectivity index (χ1v) is 6.55. The van der Waals surface area contributed by atoms with Gasteiger partial charge in [0.15, 0.2) is 0 Å². The van der Waals surface area contributed by atoms with Gasteiger partial charge in [0.25, 0.3) is 0 Å². The second-order valence-electron chi connectivity index (χ2n) is 4.58. The minimum atomic E-state index is -5.55. The number of ether oxygens (including phenoxy) is 1. The summed E-state index contributed by atoms with van der Waals surface area (Å²) in [6.07, 6.45) is -2.20. The highest BCUT2D eigenvalue weighted by atomic mass is 19.3. The van der Waals surface area contributed by atoms with Crippen LogP contribution in [0.5, 0.6) is 0 Å². The van der Waals surface area contributed by atoms with Crippen molar-refractivity contribution >= 4 is 5.97 Å². The number of alkyl halides is 6. The van der Waals surface area contributed by atoms with Gasteiger partial charge in [-0.05, 0) is 19.8 Å². The summed E-state index contributed by atoms with van der Waals surface area (Å²) >= 11 is 0. The molecule has 130 valence electrons. The summed E-state index contributed by atoms with van der Waals surface area (Å²) in [4.78, 5) is 10.9. The van der Waals surface area contributed by atoms with E-state index in [1.165, 1.54) is 13.0 Å². The zero-order valence-corrected chi connectivity index (χ0v) is 11.9. The van der Waals surface area contributed by atoms with Crippen LogP contribution in [0.2, 0.25) is 0 Å². The van der Waals surface area contributed by atoms with Gasteiger partial charge in [0, 0.05) is 25.5 Å². The van der Waals surface area contributed by atoms with Crippen LogP contribution in [0.15, 0.2) is 12.2 Å². The van der Waals surface area contributed by atoms with Gasteiger partial charge in [0.2, 0.25) is 0 Å². The first-order valence-electron chi connectivity index (χ1n) is 6.55. The highest BCUT2D eigenvalue weighted by molar-refractivity contribution is 5.81. The highest BCUT2D eigenvalue weighted by Crippen LogP contribution is 2.49. The molecule has 9 heteroatoms. The lowest BCUT2D eigenvalue weighted by atomic mass is 9.97. The Balaban J connectivity index is 4.59. The zero-order valence-electron chi connectivity index (χ0n) is 11.9. The van der Waals surface area contributed by atoms with Crippen LogP contribution in [-0.4, -0.2) is 42.1 Å². The number of esters is 1. The molecule has 0 aliphatic rings. The fourth-order valence-corrected chi connectivity index (χ4v) is 1.53. The number of halogens is 6. The van der Waals surface area contributed by atoms with Crippen LogP contribution >= 0.6 is 0 Å². The molecular formula is C13H18F6O3. The van der Waals surface area contributed by atoms with Crippen molar-refractivity contribution in [1.82, 2.24) is 0 Å². The lowest BCUT2D eigenvalue weighted by molar-refractivity contribution is -0.313. The molecule has 0 aromatic rings. The summed E-state index contributed by atoms with van der Waals surface area (Å²) in [5, 5.41) is 8.35. The first kappa shape index (κ1) is 20.8. The van der Waals surface area contributed by atoms with Gasteiger partial charge in [0.05, 0.1) is 6.61 Å². The van der Waals surface area contributed by atoms with Crippen molar-refractivity contribution in [2.24, 2.45) is 0 Å². The summed E-state index contributed by atoms with van der Waals surface area (Å²) in [6.45, 7) is 0.111. The van der Waals surface area contributed by atoms with E-state index in [-0.39, 0.29) is 0 Å². The molecule has 0 spiro atoms. The molecule has 0 aromatic heterocycles. The molecular weight excluding hydrogens is 318 g/mol. The fraction of sp³-hybridized carbons (Fsp3) is 0.769. The van der Waals surface area contributed by atoms with Gasteiger partial charge in [-0.2, -0.15) is 26.3 Å². The van der Waals surface area contributed by atoms with Crippen LogP contribution < -0.4 is 0 Å². The van der Waals surface area contributed by atoms with Gasteiger partial charge >= 0.3 is 23.7 Å². The van der Waals surface area contributed by atoms with Gasteiger partial charge in [0.1, 0.15) is 0 Å². The van der Waals surface area contributed by atoms with E-state index in [9.17, 15) is 31.1 Å². The molecule has 0 amide bonds. The van der Waals surface area contributed by atoms with Crippen molar-refractivity contribution < 1.29 is 41.0 Å². The Morgan fingerprint density at radius 3 is 2.00 bits per heavy atom. The number of aliphatic hydroxyl groups excluding tert-OH is 1. The van der Waals surface area contributed by atoms with E-state index in [4.69, 9.17) is 5.11 Å². The van der Waals surface area contributed by atoms with Crippen LogP contribution in [0.25, 0.3) is 0 Å². The summed E-state index contributed by atoms with van der Waals surface area (Å²) in [7, 11) is 0. The molecule has 0 aliphatic heterocycles. The average Bonchev–Trinajstić information content (AvgIpc) is 2.41. The standard InChI is InChI=1S/C13H18F6O3/c1-2-5-10(21)22-9-4-7-12(16,17)13(18,19)11(14,15)6-3-8-20/h2,5,20H,3-4,6-9H2,1H3. The Kier molecular flexibility index (Phi) is 7.92. The molecule has 1 N–H and O–H groups in total. The predicted octanol–water partition coefficient (Wildman–Crippen LogP) is 3.56. The van der Waals surface area contributed by atoms with E-state index in [0.29, 0.717) is 0 Å². The van der Waals surface area contributed by atoms with Gasteiger partial charge < -0.3 is 9.84 Å². The third-order valence-corrected chi connectivity index (χ3v) is 2.75. The van der Waals surface area contributed by atoms with E-state index in [2.05, 4.69) is 4.74 Å². The van der Waals surface area contributed by atoms with Crippen molar-refractivity contribution in [2.75, 3.05) is 13.2 Å². The van der Waals surface area contributed by atoms with E-state index >= 15 is 0 Å². The molecule has 0 heterocycles. The third kappa shape index (κ3) is 5.51. The molecule has 0 aliphatic carbocycles. The van der Waals surface area contributed by atoms with Gasteiger partial charge in [-0.25, -0.2) is 4.79 Å². The molecule has 0 atom stereocenters. The minimum Gasteiger partial charge on any atom is -0.463 e. The van der Waals surface area contributed by atoms with Crippen LogP contribution in [0, 0.1) is 0 Å². The average molecular weight is 336 g/mol. The Bertz CT molecular complexity index is 382. The van der Waals surface area contributed by atoms with Crippen molar-refractivity contribution in [2.45, 2.75) is 50.4 Å². The fourth-order valence-electron chi connectivity index (χ4n) is 1.53. The maximum Gasteiger partial charge on any atom is 0.371 e. The number of aliphatic hydroxyl groups is 1. The topological polar surface area (TPSA) is 46.5 Å². The largest absolute Gasteiger partial charge is 0.463 e. The molecule has 0 rings (SSSR count). The van der Waals surface area contributed by atoms with Gasteiger partial charge in [-0.3, -0.25) is 0 Å². The third-order valence-electron chi connectivity index (χ3n) is 2.75. The minimum absolute atomic E-state index is 0.586. The molecule has 0 radical (unpaired) electrons. The molecule has 3 nitrogen and oxygen atoms in total. The lowest BCUT2D eigenvalue weighted by Crippen LogP contribution is -2.54. The van der Waals surface area contributed by atoms with Crippen LogP contribution in [0.1, 0.15) is 32.6 Å². The van der Waals surface area contributed by atoms with E-state index in [0.717, 1.165) is 6.08 Å². The number of hydrogen-bond donors (Lipinski definition) is 1. The Labute approximate surface area is 123 Å². The smallest absolute Gasteiger partial charge is 0.371 e. The van der Waals surface area contributed by atoms with Crippen LogP contribution in [-0.2, 0) is 9.53 Å². The summed E-state index contributed by atoms with van der Waals surface area (Å²) in [5.74, 6) is -16.3. The van der Waals surface area contributed by atoms with E-state index in [1.807, 2.05) is 0 Å². The molecule has 0 unspecified atom stereocenters. The Morgan fingerprint density at radius 1 is 1.05 bits per heavy atom. The van der Waals surface area contributed by atoms with Crippen LogP contribution in [0.3, 0.4) is 0 Å². The SMILES string of the molecule is CC=CC(=O)OCCCC(F)(F)C(F)(F)C(F)(F)CCCO. The summed E-state index contributed by atoms with van der Waals surface area (Å²) < 4.78 is 84.1. The van der Waals surface area contributed by atoms with Crippen LogP contribution in [0.4, 0.5) is 26.3 Å². The molecule has 0 saturated heterocycles. The van der Waals surface area contributed by atoms with Crippen molar-refractivity contribution in [3.05, 3.63) is 12.2 Å². The maximum atomic E-state index is 13.4. The molecule has 0 saturated carbocycles. The monoisotopic (exact) mass is 336 g/mol. The maximum absolute atomic E-state index is 13.4. The van der Waals surface area contributed by atoms with Gasteiger partial charge in [-0.1, -0.05) is 6.08 Å². The molecule has 22 heavy (non-hydrogen) atoms. The molecule has 0 aromatic carbocycles. The van der Waals surface area contributed by atoms with Crippen molar-refractivity contribution in [3.8, 4) is 0 Å². The van der Waals surface area contributed by atoms with Crippen molar-refractivity contribution in [3.63, 3.8) is 0 Å². The molecule has 0 bridgehead atoms. The summed E-state index contributed by atoms with van der Waals surface area (Å²) in [6, 6.07) is 0. The van der Waals surface area contributed by atoms with Gasteiger partial charge in [-0.15, -0.1) is 0 Å². The number of allylic oxidation sites excluding steroid dienone is 1.